The number of carbonyl (C=O) groups excluding carboxylic acids is 1. The number of rotatable bonds is 5. The lowest BCUT2D eigenvalue weighted by molar-refractivity contribution is 0.0528. The highest BCUT2D eigenvalue weighted by atomic mass is 16.6. The average Bonchev–Trinajstić information content (AvgIpc) is 2.69. The number of imidazole rings is 1. The van der Waals surface area contributed by atoms with Crippen molar-refractivity contribution in [3.8, 4) is 0 Å². The standard InChI is InChI=1S/C9H15N3O3/c1-12(2)9(13)15-6-5-14-7-8-10-3-4-11-8/h3-4H,5-7H2,1-2H3,(H,10,11). The van der Waals surface area contributed by atoms with Crippen LogP contribution in [0.5, 0.6) is 0 Å². The Labute approximate surface area is 88.2 Å². The van der Waals surface area contributed by atoms with Crippen molar-refractivity contribution in [2.45, 2.75) is 6.61 Å². The number of nitrogens with one attached hydrogen (secondary N) is 1. The summed E-state index contributed by atoms with van der Waals surface area (Å²) in [7, 11) is 3.26. The Kier molecular flexibility index (Phi) is 4.62. The molecule has 0 saturated heterocycles. The molecule has 1 aromatic rings. The normalized spacial score (nSPS) is 10.0. The van der Waals surface area contributed by atoms with Crippen LogP contribution in [0.15, 0.2) is 12.4 Å². The average molecular weight is 213 g/mol. The van der Waals surface area contributed by atoms with Gasteiger partial charge in [0.05, 0.1) is 6.61 Å². The van der Waals surface area contributed by atoms with E-state index >= 15 is 0 Å². The van der Waals surface area contributed by atoms with E-state index in [-0.39, 0.29) is 12.7 Å². The molecule has 6 nitrogen and oxygen atoms in total. The smallest absolute Gasteiger partial charge is 0.409 e. The molecule has 0 aliphatic rings. The Balaban J connectivity index is 2.00. The Morgan fingerprint density at radius 2 is 2.33 bits per heavy atom. The molecule has 0 aliphatic heterocycles. The van der Waals surface area contributed by atoms with Crippen LogP contribution in [0.4, 0.5) is 4.79 Å². The van der Waals surface area contributed by atoms with Crippen LogP contribution in [0.25, 0.3) is 0 Å². The van der Waals surface area contributed by atoms with Gasteiger partial charge in [-0.15, -0.1) is 0 Å². The third-order valence-electron chi connectivity index (χ3n) is 1.61. The minimum atomic E-state index is -0.364. The van der Waals surface area contributed by atoms with Gasteiger partial charge < -0.3 is 19.4 Å². The van der Waals surface area contributed by atoms with Crippen LogP contribution in [0.1, 0.15) is 5.82 Å². The maximum absolute atomic E-state index is 11.0. The van der Waals surface area contributed by atoms with Crippen molar-refractivity contribution in [2.75, 3.05) is 27.3 Å². The Morgan fingerprint density at radius 3 is 2.93 bits per heavy atom. The summed E-state index contributed by atoms with van der Waals surface area (Å²) < 4.78 is 10.1. The molecule has 6 heteroatoms. The second-order valence-electron chi connectivity index (χ2n) is 3.10. The third kappa shape index (κ3) is 4.46. The lowest BCUT2D eigenvalue weighted by atomic mass is 10.6. The lowest BCUT2D eigenvalue weighted by Crippen LogP contribution is -2.24. The van der Waals surface area contributed by atoms with Gasteiger partial charge in [0.25, 0.3) is 0 Å². The molecule has 1 heterocycles. The number of amides is 1. The summed E-state index contributed by atoms with van der Waals surface area (Å²) in [5.74, 6) is 0.758. The van der Waals surface area contributed by atoms with Crippen molar-refractivity contribution in [1.29, 1.82) is 0 Å². The molecule has 0 aliphatic carbocycles. The number of ether oxygens (including phenoxy) is 2. The van der Waals surface area contributed by atoms with Gasteiger partial charge in [0.15, 0.2) is 0 Å². The molecule has 0 aromatic carbocycles. The first-order chi connectivity index (χ1) is 7.20. The predicted molar refractivity (Wildman–Crippen MR) is 53.3 cm³/mol. The number of aromatic nitrogens is 2. The fourth-order valence-corrected chi connectivity index (χ4v) is 0.863. The van der Waals surface area contributed by atoms with Gasteiger partial charge in [0.2, 0.25) is 0 Å². The van der Waals surface area contributed by atoms with E-state index < -0.39 is 0 Å². The molecule has 0 bridgehead atoms. The van der Waals surface area contributed by atoms with E-state index in [1.807, 2.05) is 0 Å². The number of nitrogens with zero attached hydrogens (tertiary/aromatic N) is 2. The van der Waals surface area contributed by atoms with Gasteiger partial charge in [-0.3, -0.25) is 0 Å². The van der Waals surface area contributed by atoms with E-state index in [9.17, 15) is 4.79 Å². The highest BCUT2D eigenvalue weighted by Crippen LogP contribution is 1.92. The summed E-state index contributed by atoms with van der Waals surface area (Å²) in [5.41, 5.74) is 0. The highest BCUT2D eigenvalue weighted by Gasteiger charge is 2.03. The van der Waals surface area contributed by atoms with Gasteiger partial charge in [-0.1, -0.05) is 0 Å². The zero-order valence-corrected chi connectivity index (χ0v) is 8.90. The first-order valence-corrected chi connectivity index (χ1v) is 4.60. The van der Waals surface area contributed by atoms with Gasteiger partial charge >= 0.3 is 6.09 Å². The van der Waals surface area contributed by atoms with Gasteiger partial charge in [-0.2, -0.15) is 0 Å². The second-order valence-corrected chi connectivity index (χ2v) is 3.10. The molecule has 84 valence electrons. The number of aromatic amines is 1. The minimum absolute atomic E-state index is 0.248. The van der Waals surface area contributed by atoms with Crippen LogP contribution in [-0.2, 0) is 16.1 Å². The first kappa shape index (κ1) is 11.5. The maximum Gasteiger partial charge on any atom is 0.409 e. The SMILES string of the molecule is CN(C)C(=O)OCCOCc1ncc[nH]1. The molecule has 1 N–H and O–H groups in total. The van der Waals surface area contributed by atoms with Crippen LogP contribution in [0.3, 0.4) is 0 Å². The number of hydrogen-bond donors (Lipinski definition) is 1. The fourth-order valence-electron chi connectivity index (χ4n) is 0.863. The molecule has 15 heavy (non-hydrogen) atoms. The van der Waals surface area contributed by atoms with Crippen molar-refractivity contribution in [1.82, 2.24) is 14.9 Å². The summed E-state index contributed by atoms with van der Waals surface area (Å²) in [6.07, 6.45) is 3.02. The van der Waals surface area contributed by atoms with Crippen molar-refractivity contribution in [2.24, 2.45) is 0 Å². The molecule has 1 amide bonds. The highest BCUT2D eigenvalue weighted by molar-refractivity contribution is 5.66. The third-order valence-corrected chi connectivity index (χ3v) is 1.61. The zero-order chi connectivity index (χ0) is 11.1. The molecule has 0 spiro atoms. The van der Waals surface area contributed by atoms with Crippen LogP contribution < -0.4 is 0 Å². The molecular formula is C9H15N3O3. The summed E-state index contributed by atoms with van der Waals surface area (Å²) in [6.45, 7) is 1.00. The summed E-state index contributed by atoms with van der Waals surface area (Å²) in [4.78, 5) is 19.2. The Hall–Kier alpha value is -1.56. The Bertz CT molecular complexity index is 285. The van der Waals surface area contributed by atoms with Crippen molar-refractivity contribution in [3.63, 3.8) is 0 Å². The van der Waals surface area contributed by atoms with Crippen molar-refractivity contribution >= 4 is 6.09 Å². The topological polar surface area (TPSA) is 67.5 Å². The van der Waals surface area contributed by atoms with Crippen molar-refractivity contribution < 1.29 is 14.3 Å². The summed E-state index contributed by atoms with van der Waals surface area (Å²) >= 11 is 0. The van der Waals surface area contributed by atoms with E-state index in [2.05, 4.69) is 9.97 Å². The monoisotopic (exact) mass is 213 g/mol. The van der Waals surface area contributed by atoms with Gasteiger partial charge in [-0.05, 0) is 0 Å². The molecule has 1 rings (SSSR count). The largest absolute Gasteiger partial charge is 0.447 e. The van der Waals surface area contributed by atoms with Crippen LogP contribution in [0, 0.1) is 0 Å². The van der Waals surface area contributed by atoms with E-state index in [4.69, 9.17) is 9.47 Å². The van der Waals surface area contributed by atoms with E-state index in [1.54, 1.807) is 26.5 Å². The fraction of sp³-hybridized carbons (Fsp3) is 0.556. The van der Waals surface area contributed by atoms with E-state index in [0.29, 0.717) is 13.2 Å². The molecule has 1 aromatic heterocycles. The van der Waals surface area contributed by atoms with Crippen molar-refractivity contribution in [3.05, 3.63) is 18.2 Å². The van der Waals surface area contributed by atoms with E-state index in [0.717, 1.165) is 5.82 Å². The van der Waals surface area contributed by atoms with Crippen LogP contribution in [0.2, 0.25) is 0 Å². The number of hydrogen-bond acceptors (Lipinski definition) is 4. The van der Waals surface area contributed by atoms with E-state index in [1.165, 1.54) is 4.90 Å². The molecule has 0 radical (unpaired) electrons. The van der Waals surface area contributed by atoms with Crippen LogP contribution >= 0.6 is 0 Å². The van der Waals surface area contributed by atoms with Gasteiger partial charge in [-0.25, -0.2) is 9.78 Å². The second kappa shape index (κ2) is 6.02. The lowest BCUT2D eigenvalue weighted by Gasteiger charge is -2.10. The summed E-state index contributed by atoms with van der Waals surface area (Å²) in [5, 5.41) is 0. The first-order valence-electron chi connectivity index (χ1n) is 4.60. The number of H-pyrrole nitrogens is 1. The summed E-state index contributed by atoms with van der Waals surface area (Å²) in [6, 6.07) is 0. The molecule has 0 atom stereocenters. The molecule has 0 unspecified atom stereocenters. The zero-order valence-electron chi connectivity index (χ0n) is 8.90. The van der Waals surface area contributed by atoms with Gasteiger partial charge in [0, 0.05) is 26.5 Å². The molecule has 0 saturated carbocycles. The maximum atomic E-state index is 11.0. The Morgan fingerprint density at radius 1 is 1.53 bits per heavy atom. The molecular weight excluding hydrogens is 198 g/mol. The molecule has 0 fully saturated rings. The number of carbonyl (C=O) groups is 1. The minimum Gasteiger partial charge on any atom is -0.447 e. The predicted octanol–water partition coefficient (Wildman–Crippen LogP) is 0.624. The van der Waals surface area contributed by atoms with Gasteiger partial charge in [0.1, 0.15) is 19.0 Å². The quantitative estimate of drug-likeness (QED) is 0.728. The van der Waals surface area contributed by atoms with Crippen LogP contribution in [-0.4, -0.2) is 48.3 Å².